The maximum atomic E-state index is 8.36. The number of hydrogen-bond donors (Lipinski definition) is 1. The van der Waals surface area contributed by atoms with Gasteiger partial charge in [0.2, 0.25) is 0 Å². The summed E-state index contributed by atoms with van der Waals surface area (Å²) in [5, 5.41) is 6.89. The van der Waals surface area contributed by atoms with Crippen LogP contribution in [0, 0.1) is 0 Å². The van der Waals surface area contributed by atoms with Gasteiger partial charge in [-0.15, -0.1) is 0 Å². The predicted octanol–water partition coefficient (Wildman–Crippen LogP) is 16.6. The monoisotopic (exact) mass is 819 g/mol. The second kappa shape index (κ2) is 18.9. The molecular weight excluding hydrogens is 767 g/mol. The molecule has 3 heteroatoms. The fraction of sp³-hybridized carbons (Fsp3) is 0.0833. The zero-order valence-corrected chi connectivity index (χ0v) is 36.6. The first kappa shape index (κ1) is 43.3. The fourth-order valence-corrected chi connectivity index (χ4v) is 8.57. The van der Waals surface area contributed by atoms with Crippen LogP contribution in [-0.2, 0) is 10.2 Å². The van der Waals surface area contributed by atoms with Gasteiger partial charge in [-0.1, -0.05) is 185 Å². The highest BCUT2D eigenvalue weighted by Crippen LogP contribution is 2.52. The van der Waals surface area contributed by atoms with Crippen LogP contribution in [0.4, 0.5) is 17.1 Å². The first-order valence-corrected chi connectivity index (χ1v) is 21.1. The molecule has 7 aromatic carbocycles. The van der Waals surface area contributed by atoms with Crippen molar-refractivity contribution < 1.29 is 9.90 Å². The topological polar surface area (TPSA) is 40.5 Å². The van der Waals surface area contributed by atoms with E-state index in [0.29, 0.717) is 0 Å². The second-order valence-corrected chi connectivity index (χ2v) is 16.2. The molecule has 0 saturated carbocycles. The van der Waals surface area contributed by atoms with Gasteiger partial charge in [-0.05, 0) is 146 Å². The van der Waals surface area contributed by atoms with Crippen molar-refractivity contribution in [1.29, 1.82) is 0 Å². The van der Waals surface area contributed by atoms with Gasteiger partial charge in [0.1, 0.15) is 0 Å². The Labute approximate surface area is 373 Å². The Hall–Kier alpha value is -7.75. The average Bonchev–Trinajstić information content (AvgIpc) is 3.53. The summed E-state index contributed by atoms with van der Waals surface area (Å²) in [5.41, 5.74) is 22.1. The Bertz CT molecular complexity index is 2890. The first-order chi connectivity index (χ1) is 30.5. The maximum absolute atomic E-state index is 8.36. The van der Waals surface area contributed by atoms with E-state index in [9.17, 15) is 0 Å². The van der Waals surface area contributed by atoms with Crippen molar-refractivity contribution in [3.8, 4) is 44.5 Å². The summed E-state index contributed by atoms with van der Waals surface area (Å²) >= 11 is 0. The minimum absolute atomic E-state index is 0.212. The summed E-state index contributed by atoms with van der Waals surface area (Å²) in [6.07, 6.45) is 11.8. The van der Waals surface area contributed by atoms with Gasteiger partial charge in [0.25, 0.3) is 6.47 Å². The number of carbonyl (C=O) groups is 1. The molecule has 0 saturated heterocycles. The van der Waals surface area contributed by atoms with E-state index in [1.807, 2.05) is 25.2 Å². The number of anilines is 3. The third-order valence-electron chi connectivity index (χ3n) is 11.9. The van der Waals surface area contributed by atoms with Gasteiger partial charge in [0, 0.05) is 22.5 Å². The van der Waals surface area contributed by atoms with Crippen LogP contribution >= 0.6 is 0 Å². The van der Waals surface area contributed by atoms with Crippen LogP contribution < -0.4 is 4.90 Å². The zero-order chi connectivity index (χ0) is 44.7. The minimum Gasteiger partial charge on any atom is -0.483 e. The van der Waals surface area contributed by atoms with Crippen molar-refractivity contribution in [3.63, 3.8) is 0 Å². The minimum atomic E-state index is -0.250. The van der Waals surface area contributed by atoms with Crippen LogP contribution in [0.1, 0.15) is 61.1 Å². The van der Waals surface area contributed by atoms with E-state index in [-0.39, 0.29) is 11.9 Å². The lowest BCUT2D eigenvalue weighted by molar-refractivity contribution is -0.122. The molecule has 0 aromatic heterocycles. The molecular formula is C60H53NO2. The van der Waals surface area contributed by atoms with Crippen molar-refractivity contribution in [3.05, 3.63) is 236 Å². The largest absolute Gasteiger partial charge is 0.483 e. The quantitative estimate of drug-likeness (QED) is 0.0986. The Morgan fingerprint density at radius 1 is 0.571 bits per heavy atom. The van der Waals surface area contributed by atoms with E-state index in [0.717, 1.165) is 39.3 Å². The molecule has 0 bridgehead atoms. The van der Waals surface area contributed by atoms with Gasteiger partial charge in [0.15, 0.2) is 0 Å². The molecule has 0 aliphatic heterocycles. The van der Waals surface area contributed by atoms with Crippen LogP contribution in [0.25, 0.3) is 67.8 Å². The highest BCUT2D eigenvalue weighted by atomic mass is 16.3. The second-order valence-electron chi connectivity index (χ2n) is 16.2. The molecule has 0 spiro atoms. The van der Waals surface area contributed by atoms with Gasteiger partial charge in [-0.25, -0.2) is 0 Å². The normalized spacial score (nSPS) is 12.3. The number of hydrogen-bond acceptors (Lipinski definition) is 2. The molecule has 0 atom stereocenters. The lowest BCUT2D eigenvalue weighted by Gasteiger charge is -2.28. The summed E-state index contributed by atoms with van der Waals surface area (Å²) in [6.45, 7) is 24.6. The van der Waals surface area contributed by atoms with E-state index in [2.05, 4.69) is 216 Å². The van der Waals surface area contributed by atoms with Crippen LogP contribution in [0.15, 0.2) is 202 Å². The molecule has 1 aliphatic rings. The van der Waals surface area contributed by atoms with Crippen molar-refractivity contribution in [2.24, 2.45) is 0 Å². The van der Waals surface area contributed by atoms with Crippen LogP contribution in [0.2, 0.25) is 0 Å². The summed E-state index contributed by atoms with van der Waals surface area (Å²) in [6, 6.07) is 55.7. The standard InChI is InChI=1S/C59H51N.CH2O2/c1-9-13-41(11-3)44-25-30-52(31-26-44)60(53-32-27-48(28-33-53)47-22-20-46(21-23-47)45-18-16-43(17-19-45)40(5)6)54-34-36-56-55-35-29-51(38-57(55)59(7,8)58(56)39-54)50-24-15-42(12-4)49(37-50)14-10-2;2-1-3/h9-39H,1,3-5H2,2,6-8H3;1H,(H,2,3)/b14-10-,41-13+;. The Kier molecular flexibility index (Phi) is 13.0. The molecule has 3 nitrogen and oxygen atoms in total. The predicted molar refractivity (Wildman–Crippen MR) is 272 cm³/mol. The lowest BCUT2D eigenvalue weighted by atomic mass is 9.81. The molecule has 0 unspecified atom stereocenters. The third kappa shape index (κ3) is 8.87. The molecule has 0 fully saturated rings. The molecule has 1 N–H and O–H groups in total. The Morgan fingerprint density at radius 3 is 1.54 bits per heavy atom. The molecule has 8 rings (SSSR count). The molecule has 310 valence electrons. The molecule has 0 radical (unpaired) electrons. The molecule has 1 aliphatic carbocycles. The van der Waals surface area contributed by atoms with Crippen molar-refractivity contribution in [2.45, 2.75) is 33.1 Å². The van der Waals surface area contributed by atoms with E-state index < -0.39 is 0 Å². The highest BCUT2D eigenvalue weighted by Gasteiger charge is 2.36. The van der Waals surface area contributed by atoms with Crippen molar-refractivity contribution in [2.75, 3.05) is 4.90 Å². The van der Waals surface area contributed by atoms with Gasteiger partial charge >= 0.3 is 0 Å². The van der Waals surface area contributed by atoms with Crippen LogP contribution in [0.3, 0.4) is 0 Å². The number of carboxylic acid groups (broad SMARTS) is 1. The molecule has 63 heavy (non-hydrogen) atoms. The first-order valence-electron chi connectivity index (χ1n) is 21.1. The molecule has 7 aromatic rings. The maximum Gasteiger partial charge on any atom is 0.290 e. The van der Waals surface area contributed by atoms with Crippen LogP contribution in [-0.4, -0.2) is 11.6 Å². The number of fused-ring (bicyclic) bond motifs is 3. The van der Waals surface area contributed by atoms with Gasteiger partial charge in [-0.2, -0.15) is 0 Å². The van der Waals surface area contributed by atoms with E-state index in [4.69, 9.17) is 9.90 Å². The number of nitrogens with zero attached hydrogens (tertiary/aromatic N) is 1. The van der Waals surface area contributed by atoms with Gasteiger partial charge < -0.3 is 10.0 Å². The van der Waals surface area contributed by atoms with Crippen molar-refractivity contribution in [1.82, 2.24) is 0 Å². The van der Waals surface area contributed by atoms with Crippen molar-refractivity contribution >= 4 is 46.8 Å². The number of rotatable bonds is 12. The fourth-order valence-electron chi connectivity index (χ4n) is 8.57. The smallest absolute Gasteiger partial charge is 0.290 e. The van der Waals surface area contributed by atoms with E-state index in [1.54, 1.807) is 6.08 Å². The Balaban J connectivity index is 0.00000193. The molecule has 0 amide bonds. The lowest BCUT2D eigenvalue weighted by Crippen LogP contribution is -2.16. The number of benzene rings is 7. The summed E-state index contributed by atoms with van der Waals surface area (Å²) in [7, 11) is 0. The number of allylic oxidation sites excluding steroid dienone is 6. The molecule has 0 heterocycles. The summed E-state index contributed by atoms with van der Waals surface area (Å²) in [5.74, 6) is 0. The van der Waals surface area contributed by atoms with E-state index >= 15 is 0 Å². The van der Waals surface area contributed by atoms with Crippen LogP contribution in [0.5, 0.6) is 0 Å². The average molecular weight is 820 g/mol. The summed E-state index contributed by atoms with van der Waals surface area (Å²) in [4.78, 5) is 10.7. The highest BCUT2D eigenvalue weighted by molar-refractivity contribution is 5.88. The summed E-state index contributed by atoms with van der Waals surface area (Å²) < 4.78 is 0. The van der Waals surface area contributed by atoms with E-state index in [1.165, 1.54) is 66.8 Å². The Morgan fingerprint density at radius 2 is 1.02 bits per heavy atom. The zero-order valence-electron chi connectivity index (χ0n) is 36.6. The third-order valence-corrected chi connectivity index (χ3v) is 11.9. The van der Waals surface area contributed by atoms with Gasteiger partial charge in [-0.3, -0.25) is 4.79 Å². The SMILES string of the molecule is C=C/C=C(\C=C)c1ccc(N(c2ccc(-c3ccc(-c4ccc(C(=C)C)cc4)cc3)cc2)c2ccc3c(c2)C(C)(C)c2cc(-c4ccc(C=C)c(/C=C\C)c4)ccc2-3)cc1.O=CO. The van der Waals surface area contributed by atoms with Gasteiger partial charge in [0.05, 0.1) is 0 Å².